The van der Waals surface area contributed by atoms with Crippen LogP contribution in [-0.4, -0.2) is 0 Å². The Morgan fingerprint density at radius 1 is 0.529 bits per heavy atom. The van der Waals surface area contributed by atoms with Gasteiger partial charge in [-0.3, -0.25) is 0 Å². The van der Waals surface area contributed by atoms with E-state index in [2.05, 4.69) is 78.9 Å². The number of unbranched alkanes of at least 4 members (excludes halogenated alkanes) is 14. The van der Waals surface area contributed by atoms with Crippen molar-refractivity contribution in [1.82, 2.24) is 0 Å². The summed E-state index contributed by atoms with van der Waals surface area (Å²) in [5.41, 5.74) is 6.50. The summed E-state index contributed by atoms with van der Waals surface area (Å²) in [6.45, 7) is 4.62. The van der Waals surface area contributed by atoms with E-state index in [9.17, 15) is 0 Å². The van der Waals surface area contributed by atoms with Crippen LogP contribution in [0.5, 0.6) is 0 Å². The van der Waals surface area contributed by atoms with Crippen LogP contribution in [0, 0.1) is 3.57 Å². The van der Waals surface area contributed by atoms with Crippen LogP contribution in [0.15, 0.2) is 42.5 Å². The van der Waals surface area contributed by atoms with Gasteiger partial charge in [-0.15, -0.1) is 0 Å². The quantitative estimate of drug-likeness (QED) is 0.123. The SMILES string of the molecule is CCCCCCCCCCC1(CCCCCCCCCC)c2ccccc2-c2ccc(I)cc21. The summed E-state index contributed by atoms with van der Waals surface area (Å²) in [6.07, 6.45) is 25.1. The first-order chi connectivity index (χ1) is 16.7. The maximum Gasteiger partial charge on any atom is 0.0215 e. The molecule has 0 saturated carbocycles. The summed E-state index contributed by atoms with van der Waals surface area (Å²) >= 11 is 2.52. The lowest BCUT2D eigenvalue weighted by Gasteiger charge is -2.33. The van der Waals surface area contributed by atoms with Gasteiger partial charge in [-0.2, -0.15) is 0 Å². The summed E-state index contributed by atoms with van der Waals surface area (Å²) in [4.78, 5) is 0. The number of rotatable bonds is 18. The molecule has 3 rings (SSSR count). The molecular formula is C33H49I. The van der Waals surface area contributed by atoms with Crippen molar-refractivity contribution in [2.75, 3.05) is 0 Å². The lowest BCUT2D eigenvalue weighted by molar-refractivity contribution is 0.397. The highest BCUT2D eigenvalue weighted by Crippen LogP contribution is 2.54. The molecule has 0 saturated heterocycles. The second kappa shape index (κ2) is 15.3. The minimum absolute atomic E-state index is 0.234. The molecule has 0 fully saturated rings. The Hall–Kier alpha value is -0.830. The molecule has 0 heterocycles. The molecule has 2 aromatic rings. The summed E-state index contributed by atoms with van der Waals surface area (Å²) in [5, 5.41) is 0. The van der Waals surface area contributed by atoms with Gasteiger partial charge in [0.05, 0.1) is 0 Å². The van der Waals surface area contributed by atoms with E-state index in [1.165, 1.54) is 130 Å². The highest BCUT2D eigenvalue weighted by atomic mass is 127. The van der Waals surface area contributed by atoms with Crippen molar-refractivity contribution in [3.05, 3.63) is 57.2 Å². The monoisotopic (exact) mass is 572 g/mol. The van der Waals surface area contributed by atoms with Crippen LogP contribution in [0.3, 0.4) is 0 Å². The number of benzene rings is 2. The molecule has 34 heavy (non-hydrogen) atoms. The van der Waals surface area contributed by atoms with Gasteiger partial charge in [0, 0.05) is 8.99 Å². The lowest BCUT2D eigenvalue weighted by Crippen LogP contribution is -2.25. The van der Waals surface area contributed by atoms with Gasteiger partial charge in [0.2, 0.25) is 0 Å². The van der Waals surface area contributed by atoms with Gasteiger partial charge >= 0.3 is 0 Å². The second-order valence-electron chi connectivity index (χ2n) is 10.8. The van der Waals surface area contributed by atoms with E-state index in [-0.39, 0.29) is 5.41 Å². The molecular weight excluding hydrogens is 523 g/mol. The molecule has 0 amide bonds. The standard InChI is InChI=1S/C33H49I/c1-3-5-7-9-11-13-15-19-25-33(26-20-16-14-12-10-8-6-4-2)31-22-18-17-21-29(31)30-24-23-28(34)27-32(30)33/h17-18,21-24,27H,3-16,19-20,25-26H2,1-2H3. The van der Waals surface area contributed by atoms with Crippen molar-refractivity contribution in [3.8, 4) is 11.1 Å². The third-order valence-corrected chi connectivity index (χ3v) is 8.82. The van der Waals surface area contributed by atoms with E-state index in [0.29, 0.717) is 0 Å². The zero-order valence-electron chi connectivity index (χ0n) is 22.1. The van der Waals surface area contributed by atoms with Crippen LogP contribution < -0.4 is 0 Å². The normalized spacial score (nSPS) is 13.7. The fourth-order valence-electron chi connectivity index (χ4n) is 6.21. The van der Waals surface area contributed by atoms with E-state index in [4.69, 9.17) is 0 Å². The minimum Gasteiger partial charge on any atom is -0.0654 e. The van der Waals surface area contributed by atoms with Gasteiger partial charge < -0.3 is 0 Å². The first-order valence-electron chi connectivity index (χ1n) is 14.6. The Labute approximate surface area is 224 Å². The molecule has 0 bridgehead atoms. The van der Waals surface area contributed by atoms with E-state index in [1.54, 1.807) is 11.1 Å². The van der Waals surface area contributed by atoms with E-state index in [1.807, 2.05) is 0 Å². The Morgan fingerprint density at radius 3 is 1.56 bits per heavy atom. The molecule has 0 nitrogen and oxygen atoms in total. The van der Waals surface area contributed by atoms with Crippen LogP contribution in [0.2, 0.25) is 0 Å². The number of halogens is 1. The zero-order valence-corrected chi connectivity index (χ0v) is 24.3. The van der Waals surface area contributed by atoms with Gasteiger partial charge in [0.1, 0.15) is 0 Å². The van der Waals surface area contributed by atoms with Crippen LogP contribution in [0.1, 0.15) is 141 Å². The lowest BCUT2D eigenvalue weighted by atomic mass is 9.70. The van der Waals surface area contributed by atoms with Crippen molar-refractivity contribution in [3.63, 3.8) is 0 Å². The Morgan fingerprint density at radius 2 is 1.00 bits per heavy atom. The molecule has 1 aliphatic carbocycles. The van der Waals surface area contributed by atoms with Crippen molar-refractivity contribution in [1.29, 1.82) is 0 Å². The minimum atomic E-state index is 0.234. The van der Waals surface area contributed by atoms with Gasteiger partial charge in [0.25, 0.3) is 0 Å². The molecule has 0 aromatic heterocycles. The van der Waals surface area contributed by atoms with Gasteiger partial charge in [-0.25, -0.2) is 0 Å². The predicted molar refractivity (Wildman–Crippen MR) is 160 cm³/mol. The summed E-state index contributed by atoms with van der Waals surface area (Å²) in [6, 6.07) is 16.6. The Balaban J connectivity index is 1.66. The second-order valence-corrected chi connectivity index (χ2v) is 12.0. The smallest absolute Gasteiger partial charge is 0.0215 e. The fourth-order valence-corrected chi connectivity index (χ4v) is 6.70. The number of fused-ring (bicyclic) bond motifs is 3. The van der Waals surface area contributed by atoms with Crippen molar-refractivity contribution >= 4 is 22.6 Å². The Bertz CT molecular complexity index is 816. The molecule has 188 valence electrons. The maximum atomic E-state index is 2.52. The molecule has 0 atom stereocenters. The number of hydrogen-bond acceptors (Lipinski definition) is 0. The van der Waals surface area contributed by atoms with E-state index < -0.39 is 0 Å². The van der Waals surface area contributed by atoms with Gasteiger partial charge in [-0.05, 0) is 69.8 Å². The van der Waals surface area contributed by atoms with E-state index >= 15 is 0 Å². The summed E-state index contributed by atoms with van der Waals surface area (Å²) in [5.74, 6) is 0. The number of hydrogen-bond donors (Lipinski definition) is 0. The maximum absolute atomic E-state index is 2.52. The molecule has 0 spiro atoms. The van der Waals surface area contributed by atoms with Crippen molar-refractivity contribution < 1.29 is 0 Å². The third-order valence-electron chi connectivity index (χ3n) is 8.14. The van der Waals surface area contributed by atoms with Crippen LogP contribution >= 0.6 is 22.6 Å². The molecule has 1 aliphatic rings. The first-order valence-corrected chi connectivity index (χ1v) is 15.7. The molecule has 2 aromatic carbocycles. The third kappa shape index (κ3) is 7.58. The van der Waals surface area contributed by atoms with Crippen LogP contribution in [-0.2, 0) is 5.41 Å². The van der Waals surface area contributed by atoms with Crippen LogP contribution in [0.25, 0.3) is 11.1 Å². The van der Waals surface area contributed by atoms with Gasteiger partial charge in [-0.1, -0.05) is 147 Å². The molecule has 0 N–H and O–H groups in total. The van der Waals surface area contributed by atoms with Crippen molar-refractivity contribution in [2.45, 2.75) is 135 Å². The molecule has 0 unspecified atom stereocenters. The van der Waals surface area contributed by atoms with Crippen LogP contribution in [0.4, 0.5) is 0 Å². The summed E-state index contributed by atoms with van der Waals surface area (Å²) < 4.78 is 1.39. The molecule has 0 aliphatic heterocycles. The topological polar surface area (TPSA) is 0 Å². The zero-order chi connectivity index (χ0) is 24.1. The molecule has 1 heteroatoms. The highest BCUT2D eigenvalue weighted by Gasteiger charge is 2.41. The van der Waals surface area contributed by atoms with E-state index in [0.717, 1.165) is 0 Å². The average molecular weight is 573 g/mol. The largest absolute Gasteiger partial charge is 0.0654 e. The first kappa shape index (κ1) is 27.8. The molecule has 0 radical (unpaired) electrons. The van der Waals surface area contributed by atoms with Gasteiger partial charge in [0.15, 0.2) is 0 Å². The average Bonchev–Trinajstić information content (AvgIpc) is 3.12. The van der Waals surface area contributed by atoms with Crippen molar-refractivity contribution in [2.24, 2.45) is 0 Å². The highest BCUT2D eigenvalue weighted by molar-refractivity contribution is 14.1. The predicted octanol–water partition coefficient (Wildman–Crippen LogP) is 11.6. The fraction of sp³-hybridized carbons (Fsp3) is 0.636. The Kier molecular flexibility index (Phi) is 12.5. The summed E-state index contributed by atoms with van der Waals surface area (Å²) in [7, 11) is 0.